The first-order valence-corrected chi connectivity index (χ1v) is 7.21. The van der Waals surface area contributed by atoms with Crippen molar-refractivity contribution in [1.82, 2.24) is 5.32 Å². The van der Waals surface area contributed by atoms with Crippen LogP contribution in [0.4, 0.5) is 0 Å². The third-order valence-electron chi connectivity index (χ3n) is 3.02. The number of methoxy groups -OCH3 is 1. The van der Waals surface area contributed by atoms with Crippen LogP contribution >= 0.6 is 0 Å². The molecule has 0 spiro atoms. The molecule has 0 aliphatic heterocycles. The van der Waals surface area contributed by atoms with Crippen molar-refractivity contribution in [3.8, 4) is 0 Å². The maximum Gasteiger partial charge on any atom is 0.328 e. The predicted molar refractivity (Wildman–Crippen MR) is 74.7 cm³/mol. The summed E-state index contributed by atoms with van der Waals surface area (Å²) in [5, 5.41) is 3.30. The van der Waals surface area contributed by atoms with E-state index in [-0.39, 0.29) is 12.6 Å². The summed E-state index contributed by atoms with van der Waals surface area (Å²) in [7, 11) is 1.63. The lowest BCUT2D eigenvalue weighted by Crippen LogP contribution is -2.55. The van der Waals surface area contributed by atoms with Gasteiger partial charge in [0, 0.05) is 13.2 Å². The van der Waals surface area contributed by atoms with Gasteiger partial charge in [-0.3, -0.25) is 5.32 Å². The highest BCUT2D eigenvalue weighted by Crippen LogP contribution is 2.23. The lowest BCUT2D eigenvalue weighted by atomic mass is 10.0. The number of hydrogen-bond acceptors (Lipinski definition) is 6. The molecule has 1 atom stereocenters. The van der Waals surface area contributed by atoms with Gasteiger partial charge in [0.2, 0.25) is 0 Å². The number of hydrogen-bond donors (Lipinski definition) is 1. The highest BCUT2D eigenvalue weighted by atomic mass is 16.6. The van der Waals surface area contributed by atoms with E-state index in [1.807, 2.05) is 6.92 Å². The molecule has 118 valence electrons. The van der Waals surface area contributed by atoms with Gasteiger partial charge in [0.15, 0.2) is 0 Å². The summed E-state index contributed by atoms with van der Waals surface area (Å²) in [6.07, 6.45) is 2.21. The van der Waals surface area contributed by atoms with Gasteiger partial charge in [-0.25, -0.2) is 4.79 Å². The Morgan fingerprint density at radius 2 is 1.85 bits per heavy atom. The van der Waals surface area contributed by atoms with E-state index in [1.165, 1.54) is 0 Å². The molecule has 0 bridgehead atoms. The van der Waals surface area contributed by atoms with Gasteiger partial charge in [0.1, 0.15) is 5.54 Å². The second-order valence-corrected chi connectivity index (χ2v) is 5.13. The molecule has 6 nitrogen and oxygen atoms in total. The zero-order chi connectivity index (χ0) is 14.8. The van der Waals surface area contributed by atoms with Gasteiger partial charge in [-0.15, -0.1) is 0 Å². The Morgan fingerprint density at radius 3 is 2.45 bits per heavy atom. The Labute approximate surface area is 121 Å². The second-order valence-electron chi connectivity index (χ2n) is 5.13. The van der Waals surface area contributed by atoms with Crippen LogP contribution in [0.25, 0.3) is 0 Å². The van der Waals surface area contributed by atoms with E-state index in [1.54, 1.807) is 14.0 Å². The summed E-state index contributed by atoms with van der Waals surface area (Å²) in [6.45, 7) is 6.36. The monoisotopic (exact) mass is 289 g/mol. The minimum Gasteiger partial charge on any atom is -0.465 e. The first-order chi connectivity index (χ1) is 9.62. The quantitative estimate of drug-likeness (QED) is 0.422. The molecule has 1 aliphatic carbocycles. The summed E-state index contributed by atoms with van der Waals surface area (Å²) in [6, 6.07) is 0.408. The van der Waals surface area contributed by atoms with E-state index < -0.39 is 5.54 Å². The molecule has 1 aliphatic rings. The van der Waals surface area contributed by atoms with Gasteiger partial charge in [0.05, 0.1) is 39.6 Å². The largest absolute Gasteiger partial charge is 0.465 e. The standard InChI is InChI=1S/C14H27NO5/c1-4-20-13(16)14(2,15-12-5-6-12)11-19-10-9-18-8-7-17-3/h12,15H,4-11H2,1-3H3. The third-order valence-corrected chi connectivity index (χ3v) is 3.02. The van der Waals surface area contributed by atoms with Gasteiger partial charge >= 0.3 is 5.97 Å². The maximum atomic E-state index is 12.0. The van der Waals surface area contributed by atoms with Gasteiger partial charge in [-0.05, 0) is 26.7 Å². The summed E-state index contributed by atoms with van der Waals surface area (Å²) in [5.74, 6) is -0.257. The van der Waals surface area contributed by atoms with Crippen LogP contribution in [0.5, 0.6) is 0 Å². The molecule has 1 unspecified atom stereocenters. The van der Waals surface area contributed by atoms with Crippen LogP contribution in [0.15, 0.2) is 0 Å². The topological polar surface area (TPSA) is 66.0 Å². The normalized spacial score (nSPS) is 17.8. The van der Waals surface area contributed by atoms with Crippen molar-refractivity contribution in [3.05, 3.63) is 0 Å². The number of nitrogens with one attached hydrogen (secondary N) is 1. The molecular formula is C14H27NO5. The minimum absolute atomic E-state index is 0.257. The van der Waals surface area contributed by atoms with Crippen LogP contribution < -0.4 is 5.32 Å². The fourth-order valence-electron chi connectivity index (χ4n) is 1.77. The van der Waals surface area contributed by atoms with Crippen LogP contribution in [0, 0.1) is 0 Å². The molecule has 0 aromatic rings. The summed E-state index contributed by atoms with van der Waals surface area (Å²) < 4.78 is 20.8. The number of ether oxygens (including phenoxy) is 4. The van der Waals surface area contributed by atoms with Gasteiger partial charge < -0.3 is 18.9 Å². The maximum absolute atomic E-state index is 12.0. The molecule has 1 N–H and O–H groups in total. The van der Waals surface area contributed by atoms with Crippen molar-refractivity contribution in [2.24, 2.45) is 0 Å². The van der Waals surface area contributed by atoms with E-state index in [2.05, 4.69) is 5.32 Å². The van der Waals surface area contributed by atoms with Crippen molar-refractivity contribution < 1.29 is 23.7 Å². The average molecular weight is 289 g/mol. The first-order valence-electron chi connectivity index (χ1n) is 7.21. The van der Waals surface area contributed by atoms with Gasteiger partial charge in [0.25, 0.3) is 0 Å². The highest BCUT2D eigenvalue weighted by Gasteiger charge is 2.39. The zero-order valence-corrected chi connectivity index (χ0v) is 12.8. The summed E-state index contributed by atoms with van der Waals surface area (Å²) in [5.41, 5.74) is -0.774. The SMILES string of the molecule is CCOC(=O)C(C)(COCCOCCOC)NC1CC1. The number of rotatable bonds is 12. The molecule has 1 fully saturated rings. The molecule has 0 radical (unpaired) electrons. The fourth-order valence-corrected chi connectivity index (χ4v) is 1.77. The molecule has 1 saturated carbocycles. The van der Waals surface area contributed by atoms with E-state index in [9.17, 15) is 4.79 Å². The molecule has 0 aromatic heterocycles. The zero-order valence-electron chi connectivity index (χ0n) is 12.8. The average Bonchev–Trinajstić information content (AvgIpc) is 3.22. The number of carbonyl (C=O) groups excluding carboxylic acids is 1. The van der Waals surface area contributed by atoms with Crippen LogP contribution in [-0.2, 0) is 23.7 Å². The third kappa shape index (κ3) is 6.65. The number of carbonyl (C=O) groups is 1. The van der Waals surface area contributed by atoms with Crippen LogP contribution in [-0.4, -0.2) is 64.3 Å². The van der Waals surface area contributed by atoms with Crippen LogP contribution in [0.2, 0.25) is 0 Å². The molecule has 0 saturated heterocycles. The Kier molecular flexibility index (Phi) is 8.06. The van der Waals surface area contributed by atoms with Crippen molar-refractivity contribution in [1.29, 1.82) is 0 Å². The Bertz CT molecular complexity index is 283. The minimum atomic E-state index is -0.774. The van der Waals surface area contributed by atoms with Crippen molar-refractivity contribution >= 4 is 5.97 Å². The van der Waals surface area contributed by atoms with Crippen LogP contribution in [0.3, 0.4) is 0 Å². The molecule has 0 heterocycles. The molecular weight excluding hydrogens is 262 g/mol. The van der Waals surface area contributed by atoms with Gasteiger partial charge in [-0.1, -0.05) is 0 Å². The molecule has 6 heteroatoms. The lowest BCUT2D eigenvalue weighted by molar-refractivity contribution is -0.153. The summed E-state index contributed by atoms with van der Waals surface area (Å²) in [4.78, 5) is 12.0. The molecule has 0 aromatic carbocycles. The molecule has 0 amide bonds. The predicted octanol–water partition coefficient (Wildman–Crippen LogP) is 0.740. The lowest BCUT2D eigenvalue weighted by Gasteiger charge is -2.28. The van der Waals surface area contributed by atoms with E-state index in [0.29, 0.717) is 39.1 Å². The fraction of sp³-hybridized carbons (Fsp3) is 0.929. The van der Waals surface area contributed by atoms with E-state index in [4.69, 9.17) is 18.9 Å². The smallest absolute Gasteiger partial charge is 0.328 e. The van der Waals surface area contributed by atoms with E-state index in [0.717, 1.165) is 12.8 Å². The van der Waals surface area contributed by atoms with Crippen molar-refractivity contribution in [2.75, 3.05) is 46.8 Å². The van der Waals surface area contributed by atoms with Gasteiger partial charge in [-0.2, -0.15) is 0 Å². The summed E-state index contributed by atoms with van der Waals surface area (Å²) >= 11 is 0. The van der Waals surface area contributed by atoms with Crippen LogP contribution in [0.1, 0.15) is 26.7 Å². The number of esters is 1. The van der Waals surface area contributed by atoms with Crippen molar-refractivity contribution in [2.45, 2.75) is 38.3 Å². The molecule has 20 heavy (non-hydrogen) atoms. The Hall–Kier alpha value is -0.690. The Morgan fingerprint density at radius 1 is 1.20 bits per heavy atom. The van der Waals surface area contributed by atoms with E-state index >= 15 is 0 Å². The second kappa shape index (κ2) is 9.28. The first kappa shape index (κ1) is 17.4. The van der Waals surface area contributed by atoms with Crippen molar-refractivity contribution in [3.63, 3.8) is 0 Å². The highest BCUT2D eigenvalue weighted by molar-refractivity contribution is 5.80. The Balaban J connectivity index is 2.23. The molecule has 1 rings (SSSR count).